The van der Waals surface area contributed by atoms with Crippen LogP contribution in [0.1, 0.15) is 15.9 Å². The van der Waals surface area contributed by atoms with Gasteiger partial charge in [-0.1, -0.05) is 0 Å². The van der Waals surface area contributed by atoms with Crippen LogP contribution in [0.15, 0.2) is 24.3 Å². The van der Waals surface area contributed by atoms with E-state index in [1.807, 2.05) is 19.2 Å². The number of fused-ring (bicyclic) bond motifs is 1. The Kier molecular flexibility index (Phi) is 4.60. The molecule has 1 aromatic heterocycles. The summed E-state index contributed by atoms with van der Waals surface area (Å²) in [5.74, 6) is 1.37. The maximum absolute atomic E-state index is 11.5. The summed E-state index contributed by atoms with van der Waals surface area (Å²) in [6.45, 7) is 1.61. The molecule has 0 fully saturated rings. The highest BCUT2D eigenvalue weighted by Crippen LogP contribution is 2.28. The number of aromatic nitrogens is 2. The molecule has 8 nitrogen and oxygen atoms in total. The first-order valence-electron chi connectivity index (χ1n) is 8.03. The van der Waals surface area contributed by atoms with Crippen molar-refractivity contribution in [2.75, 3.05) is 48.9 Å². The van der Waals surface area contributed by atoms with Crippen molar-refractivity contribution >= 4 is 29.2 Å². The van der Waals surface area contributed by atoms with Gasteiger partial charge in [0.15, 0.2) is 0 Å². The van der Waals surface area contributed by atoms with Crippen LogP contribution in [0.2, 0.25) is 0 Å². The van der Waals surface area contributed by atoms with Crippen molar-refractivity contribution in [2.45, 2.75) is 6.42 Å². The molecule has 2 heterocycles. The molecule has 0 spiro atoms. The molecule has 132 valence electrons. The number of carbonyl (C=O) groups excluding carboxylic acids is 1. The van der Waals surface area contributed by atoms with Gasteiger partial charge >= 0.3 is 5.97 Å². The Morgan fingerprint density at radius 1 is 1.32 bits per heavy atom. The molecule has 2 aromatic rings. The minimum absolute atomic E-state index is 0.185. The van der Waals surface area contributed by atoms with Crippen molar-refractivity contribution in [1.29, 1.82) is 0 Å². The molecular weight excluding hydrogens is 320 g/mol. The smallest absolute Gasteiger partial charge is 0.337 e. The summed E-state index contributed by atoms with van der Waals surface area (Å²) in [6, 6.07) is 7.35. The Morgan fingerprint density at radius 2 is 2.04 bits per heavy atom. The lowest BCUT2D eigenvalue weighted by Gasteiger charge is -2.30. The molecule has 1 aliphatic rings. The normalized spacial score (nSPS) is 15.8. The third kappa shape index (κ3) is 3.57. The third-order valence-electron chi connectivity index (χ3n) is 4.37. The van der Waals surface area contributed by atoms with Crippen molar-refractivity contribution in [3.63, 3.8) is 0 Å². The highest BCUT2D eigenvalue weighted by Gasteiger charge is 2.23. The Hall–Kier alpha value is -3.03. The molecule has 3 rings (SSSR count). The molecule has 1 aromatic carbocycles. The van der Waals surface area contributed by atoms with E-state index in [1.54, 1.807) is 12.1 Å². The molecule has 5 N–H and O–H groups in total. The number of nitrogens with one attached hydrogen (secondary N) is 1. The summed E-state index contributed by atoms with van der Waals surface area (Å²) in [6.07, 6.45) is 0.791. The largest absolute Gasteiger partial charge is 0.465 e. The van der Waals surface area contributed by atoms with Gasteiger partial charge < -0.3 is 26.4 Å². The van der Waals surface area contributed by atoms with Gasteiger partial charge in [-0.05, 0) is 36.6 Å². The fourth-order valence-corrected chi connectivity index (χ4v) is 3.06. The van der Waals surface area contributed by atoms with E-state index in [0.717, 1.165) is 36.6 Å². The number of esters is 1. The van der Waals surface area contributed by atoms with Crippen molar-refractivity contribution in [3.05, 3.63) is 35.4 Å². The lowest BCUT2D eigenvalue weighted by molar-refractivity contribution is 0.0601. The number of methoxy groups -OCH3 is 1. The fourth-order valence-electron chi connectivity index (χ4n) is 3.06. The lowest BCUT2D eigenvalue weighted by atomic mass is 9.95. The number of anilines is 4. The van der Waals surface area contributed by atoms with Gasteiger partial charge in [-0.15, -0.1) is 0 Å². The standard InChI is InChI=1S/C17H22N6O2/c1-23(12-5-3-11(4-6-12)16(24)25-2)9-10-7-13-14(18)21-17(19)22-15(13)20-8-10/h3-6,10H,7-9H2,1-2H3,(H5,18,19,20,21,22). The van der Waals surface area contributed by atoms with E-state index in [4.69, 9.17) is 16.2 Å². The molecule has 0 saturated heterocycles. The van der Waals surface area contributed by atoms with Gasteiger partial charge in [0.25, 0.3) is 0 Å². The number of rotatable bonds is 4. The van der Waals surface area contributed by atoms with E-state index in [-0.39, 0.29) is 11.9 Å². The van der Waals surface area contributed by atoms with Gasteiger partial charge in [-0.2, -0.15) is 9.97 Å². The van der Waals surface area contributed by atoms with Crippen molar-refractivity contribution in [2.24, 2.45) is 5.92 Å². The fraction of sp³-hybridized carbons (Fsp3) is 0.353. The number of benzene rings is 1. The number of hydrogen-bond donors (Lipinski definition) is 3. The SMILES string of the molecule is COC(=O)c1ccc(N(C)CC2CNc3nc(N)nc(N)c3C2)cc1. The topological polar surface area (TPSA) is 119 Å². The van der Waals surface area contributed by atoms with E-state index >= 15 is 0 Å². The number of ether oxygens (including phenoxy) is 1. The second-order valence-corrected chi connectivity index (χ2v) is 6.16. The molecule has 25 heavy (non-hydrogen) atoms. The monoisotopic (exact) mass is 342 g/mol. The summed E-state index contributed by atoms with van der Waals surface area (Å²) in [7, 11) is 3.39. The van der Waals surface area contributed by atoms with E-state index in [0.29, 0.717) is 17.3 Å². The van der Waals surface area contributed by atoms with Gasteiger partial charge in [0.05, 0.1) is 12.7 Å². The van der Waals surface area contributed by atoms with Crippen LogP contribution in [0.3, 0.4) is 0 Å². The summed E-state index contributed by atoms with van der Waals surface area (Å²) < 4.78 is 4.72. The van der Waals surface area contributed by atoms with Crippen LogP contribution in [-0.2, 0) is 11.2 Å². The minimum Gasteiger partial charge on any atom is -0.465 e. The first kappa shape index (κ1) is 16.8. The second-order valence-electron chi connectivity index (χ2n) is 6.16. The summed E-state index contributed by atoms with van der Waals surface area (Å²) in [5, 5.41) is 3.28. The van der Waals surface area contributed by atoms with Crippen molar-refractivity contribution in [1.82, 2.24) is 9.97 Å². The summed E-state index contributed by atoms with van der Waals surface area (Å²) >= 11 is 0. The van der Waals surface area contributed by atoms with Gasteiger partial charge in [-0.3, -0.25) is 0 Å². The molecule has 1 aliphatic heterocycles. The Bertz CT molecular complexity index is 777. The highest BCUT2D eigenvalue weighted by atomic mass is 16.5. The number of carbonyl (C=O) groups is 1. The lowest BCUT2D eigenvalue weighted by Crippen LogP contribution is -2.34. The highest BCUT2D eigenvalue weighted by molar-refractivity contribution is 5.89. The third-order valence-corrected chi connectivity index (χ3v) is 4.37. The maximum atomic E-state index is 11.5. The van der Waals surface area contributed by atoms with Crippen LogP contribution in [0.25, 0.3) is 0 Å². The summed E-state index contributed by atoms with van der Waals surface area (Å²) in [4.78, 5) is 21.9. The van der Waals surface area contributed by atoms with Crippen molar-refractivity contribution in [3.8, 4) is 0 Å². The zero-order valence-corrected chi connectivity index (χ0v) is 14.3. The second kappa shape index (κ2) is 6.84. The zero-order valence-electron chi connectivity index (χ0n) is 14.3. The van der Waals surface area contributed by atoms with Crippen LogP contribution < -0.4 is 21.7 Å². The first-order valence-corrected chi connectivity index (χ1v) is 8.03. The predicted octanol–water partition coefficient (Wildman–Crippen LogP) is 1.15. The van der Waals surface area contributed by atoms with Gasteiger partial charge in [0.1, 0.15) is 11.6 Å². The molecule has 0 saturated carbocycles. The predicted molar refractivity (Wildman–Crippen MR) is 97.6 cm³/mol. The number of nitrogen functional groups attached to an aromatic ring is 2. The Morgan fingerprint density at radius 3 is 2.72 bits per heavy atom. The maximum Gasteiger partial charge on any atom is 0.337 e. The van der Waals surface area contributed by atoms with Crippen LogP contribution in [0.4, 0.5) is 23.3 Å². The molecular formula is C17H22N6O2. The van der Waals surface area contributed by atoms with Gasteiger partial charge in [0.2, 0.25) is 5.95 Å². The van der Waals surface area contributed by atoms with Crippen LogP contribution >= 0.6 is 0 Å². The average Bonchev–Trinajstić information content (AvgIpc) is 2.61. The first-order chi connectivity index (χ1) is 12.0. The minimum atomic E-state index is -0.336. The molecule has 1 atom stereocenters. The van der Waals surface area contributed by atoms with Gasteiger partial charge in [0, 0.05) is 31.4 Å². The molecule has 0 bridgehead atoms. The van der Waals surface area contributed by atoms with E-state index in [9.17, 15) is 4.79 Å². The van der Waals surface area contributed by atoms with Crippen LogP contribution in [-0.4, -0.2) is 43.2 Å². The quantitative estimate of drug-likeness (QED) is 0.708. The van der Waals surface area contributed by atoms with Crippen molar-refractivity contribution < 1.29 is 9.53 Å². The average molecular weight is 342 g/mol. The van der Waals surface area contributed by atoms with Gasteiger partial charge in [-0.25, -0.2) is 4.79 Å². The molecule has 0 radical (unpaired) electrons. The van der Waals surface area contributed by atoms with E-state index in [2.05, 4.69) is 20.2 Å². The number of nitrogens with zero attached hydrogens (tertiary/aromatic N) is 3. The molecule has 8 heteroatoms. The zero-order chi connectivity index (χ0) is 18.0. The molecule has 0 amide bonds. The number of hydrogen-bond acceptors (Lipinski definition) is 8. The number of nitrogens with two attached hydrogens (primary N) is 2. The molecule has 1 unspecified atom stereocenters. The van der Waals surface area contributed by atoms with E-state index < -0.39 is 0 Å². The van der Waals surface area contributed by atoms with Crippen LogP contribution in [0, 0.1) is 5.92 Å². The van der Waals surface area contributed by atoms with Crippen LogP contribution in [0.5, 0.6) is 0 Å². The summed E-state index contributed by atoms with van der Waals surface area (Å²) in [5.41, 5.74) is 14.1. The Labute approximate surface area is 146 Å². The van der Waals surface area contributed by atoms with E-state index in [1.165, 1.54) is 7.11 Å². The molecule has 0 aliphatic carbocycles. The Balaban J connectivity index is 1.67.